The zero-order valence-corrected chi connectivity index (χ0v) is 27.7. The molecule has 2 aromatic carbocycles. The van der Waals surface area contributed by atoms with E-state index < -0.39 is 17.5 Å². The van der Waals surface area contributed by atoms with Crippen LogP contribution >= 0.6 is 0 Å². The molecule has 48 heavy (non-hydrogen) atoms. The van der Waals surface area contributed by atoms with Crippen LogP contribution in [0.2, 0.25) is 0 Å². The monoisotopic (exact) mass is 659 g/mol. The van der Waals surface area contributed by atoms with Gasteiger partial charge in [-0.25, -0.2) is 9.37 Å². The van der Waals surface area contributed by atoms with Gasteiger partial charge in [0.2, 0.25) is 0 Å². The van der Waals surface area contributed by atoms with Gasteiger partial charge in [0.25, 0.3) is 0 Å². The Labute approximate surface area is 278 Å². The van der Waals surface area contributed by atoms with Crippen LogP contribution in [0.25, 0.3) is 10.9 Å². The van der Waals surface area contributed by atoms with Gasteiger partial charge in [0.05, 0.1) is 11.2 Å². The lowest BCUT2D eigenvalue weighted by molar-refractivity contribution is -0.141. The number of hydrogen-bond donors (Lipinski definition) is 1. The fourth-order valence-electron chi connectivity index (χ4n) is 6.45. The van der Waals surface area contributed by atoms with Crippen molar-refractivity contribution in [2.24, 2.45) is 16.8 Å². The predicted molar refractivity (Wildman–Crippen MR) is 180 cm³/mol. The zero-order chi connectivity index (χ0) is 34.2. The molecule has 2 fully saturated rings. The molecule has 0 aliphatic heterocycles. The Morgan fingerprint density at radius 1 is 0.938 bits per heavy atom. The van der Waals surface area contributed by atoms with E-state index in [9.17, 15) is 22.7 Å². The topological polar surface area (TPSA) is 67.6 Å². The standard InChI is InChI=1S/C39H41F4N3O2/c1-23(2)24(3)20-44-21-25(4)38(47,29-12-18-34(45-22-29)39(41,42)43)28-11-17-33-32(19-28)35(26-9-10-26)37(36(46-33)27-7-5-6-8-27)48-31-15-13-30(40)14-16-31/h11-24,26-27,47H,5-10H2,1-4H3. The number of aromatic nitrogens is 2. The first-order valence-electron chi connectivity index (χ1n) is 16.7. The Hall–Kier alpha value is -4.11. The lowest BCUT2D eigenvalue weighted by Crippen LogP contribution is -2.29. The van der Waals surface area contributed by atoms with E-state index in [0.29, 0.717) is 28.6 Å². The normalized spacial score (nSPS) is 18.2. The number of rotatable bonds is 10. The third-order valence-electron chi connectivity index (χ3n) is 9.87. The maximum absolute atomic E-state index is 13.8. The van der Waals surface area contributed by atoms with Crippen molar-refractivity contribution in [2.75, 3.05) is 0 Å². The molecule has 0 radical (unpaired) electrons. The molecule has 9 heteroatoms. The van der Waals surface area contributed by atoms with Crippen LogP contribution in [0.3, 0.4) is 0 Å². The maximum Gasteiger partial charge on any atom is 0.433 e. The van der Waals surface area contributed by atoms with E-state index in [1.165, 1.54) is 18.2 Å². The summed E-state index contributed by atoms with van der Waals surface area (Å²) in [6.07, 6.45) is 5.96. The molecular formula is C39H41F4N3O2. The van der Waals surface area contributed by atoms with Gasteiger partial charge in [-0.1, -0.05) is 45.7 Å². The fraction of sp³-hybridized carbons (Fsp3) is 0.410. The molecule has 2 unspecified atom stereocenters. The van der Waals surface area contributed by atoms with Crippen molar-refractivity contribution in [3.05, 3.63) is 106 Å². The quantitative estimate of drug-likeness (QED) is 0.136. The molecule has 2 aromatic heterocycles. The molecule has 0 spiro atoms. The van der Waals surface area contributed by atoms with E-state index in [1.807, 2.05) is 19.1 Å². The van der Waals surface area contributed by atoms with Gasteiger partial charge < -0.3 is 9.84 Å². The Morgan fingerprint density at radius 3 is 2.23 bits per heavy atom. The van der Waals surface area contributed by atoms with E-state index in [0.717, 1.165) is 72.9 Å². The van der Waals surface area contributed by atoms with Crippen molar-refractivity contribution in [1.29, 1.82) is 0 Å². The van der Waals surface area contributed by atoms with Gasteiger partial charge in [-0.15, -0.1) is 0 Å². The van der Waals surface area contributed by atoms with Crippen LogP contribution in [-0.2, 0) is 11.8 Å². The first kappa shape index (κ1) is 33.8. The number of nitrogens with zero attached hydrogens (tertiary/aromatic N) is 3. The fourth-order valence-corrected chi connectivity index (χ4v) is 6.45. The summed E-state index contributed by atoms with van der Waals surface area (Å²) < 4.78 is 60.8. The maximum atomic E-state index is 13.8. The van der Waals surface area contributed by atoms with E-state index >= 15 is 0 Å². The highest BCUT2D eigenvalue weighted by Gasteiger charge is 2.39. The molecule has 252 valence electrons. The number of ether oxygens (including phenoxy) is 1. The number of alkyl halides is 3. The highest BCUT2D eigenvalue weighted by atomic mass is 19.4. The molecule has 1 N–H and O–H groups in total. The van der Waals surface area contributed by atoms with Crippen molar-refractivity contribution in [3.8, 4) is 11.5 Å². The molecule has 5 nitrogen and oxygen atoms in total. The van der Waals surface area contributed by atoms with Gasteiger partial charge in [-0.3, -0.25) is 9.98 Å². The van der Waals surface area contributed by atoms with Gasteiger partial charge in [0.15, 0.2) is 5.75 Å². The summed E-state index contributed by atoms with van der Waals surface area (Å²) in [6.45, 7) is 7.94. The van der Waals surface area contributed by atoms with Crippen molar-refractivity contribution in [3.63, 3.8) is 0 Å². The lowest BCUT2D eigenvalue weighted by Gasteiger charge is -2.31. The van der Waals surface area contributed by atoms with Crippen LogP contribution in [0.15, 0.2) is 77.6 Å². The molecule has 2 heterocycles. The summed E-state index contributed by atoms with van der Waals surface area (Å²) >= 11 is 0. The number of aliphatic hydroxyl groups is 1. The van der Waals surface area contributed by atoms with Crippen LogP contribution in [0, 0.1) is 17.7 Å². The van der Waals surface area contributed by atoms with Crippen LogP contribution in [0.1, 0.15) is 106 Å². The molecule has 4 aromatic rings. The van der Waals surface area contributed by atoms with Gasteiger partial charge in [-0.2, -0.15) is 13.2 Å². The van der Waals surface area contributed by atoms with Gasteiger partial charge in [0, 0.05) is 41.0 Å². The number of halogens is 4. The smallest absolute Gasteiger partial charge is 0.433 e. The second-order valence-corrected chi connectivity index (χ2v) is 13.6. The van der Waals surface area contributed by atoms with Crippen LogP contribution in [-0.4, -0.2) is 21.3 Å². The predicted octanol–water partition coefficient (Wildman–Crippen LogP) is 10.6. The Morgan fingerprint density at radius 2 is 1.62 bits per heavy atom. The van der Waals surface area contributed by atoms with E-state index in [1.54, 1.807) is 37.5 Å². The second kappa shape index (κ2) is 13.4. The zero-order valence-electron chi connectivity index (χ0n) is 27.7. The van der Waals surface area contributed by atoms with Crippen LogP contribution in [0.4, 0.5) is 17.6 Å². The third-order valence-corrected chi connectivity index (χ3v) is 9.87. The number of aliphatic imine (C=N–C) groups is 1. The minimum absolute atomic E-state index is 0.177. The van der Waals surface area contributed by atoms with Crippen molar-refractivity contribution < 1.29 is 27.4 Å². The number of hydrogen-bond acceptors (Lipinski definition) is 5. The number of pyridine rings is 2. The largest absolute Gasteiger partial charge is 0.455 e. The highest BCUT2D eigenvalue weighted by molar-refractivity contribution is 5.87. The summed E-state index contributed by atoms with van der Waals surface area (Å²) in [7, 11) is 0. The van der Waals surface area contributed by atoms with E-state index in [4.69, 9.17) is 9.72 Å². The summed E-state index contributed by atoms with van der Waals surface area (Å²) in [4.78, 5) is 13.3. The first-order chi connectivity index (χ1) is 22.9. The molecule has 0 saturated heterocycles. The lowest BCUT2D eigenvalue weighted by atomic mass is 9.80. The van der Waals surface area contributed by atoms with Crippen molar-refractivity contribution in [1.82, 2.24) is 9.97 Å². The average Bonchev–Trinajstić information content (AvgIpc) is 3.75. The summed E-state index contributed by atoms with van der Waals surface area (Å²) in [5.41, 5.74) is 0.794. The SMILES string of the molecule is CC(=CN=CC(C)C(C)C)C(O)(c1ccc(C(F)(F)F)nc1)c1ccc2nc(C3CCCC3)c(Oc3ccc(F)cc3)c(C3CC3)c2c1. The minimum atomic E-state index is -4.62. The van der Waals surface area contributed by atoms with E-state index in [2.05, 4.69) is 23.8 Å². The van der Waals surface area contributed by atoms with Crippen LogP contribution in [0.5, 0.6) is 11.5 Å². The van der Waals surface area contributed by atoms with Gasteiger partial charge in [0.1, 0.15) is 22.9 Å². The Balaban J connectivity index is 1.54. The minimum Gasteiger partial charge on any atom is -0.455 e. The number of fused-ring (bicyclic) bond motifs is 1. The van der Waals surface area contributed by atoms with Gasteiger partial charge in [-0.05, 0) is 104 Å². The van der Waals surface area contributed by atoms with Gasteiger partial charge >= 0.3 is 6.18 Å². The molecule has 2 aliphatic rings. The second-order valence-electron chi connectivity index (χ2n) is 13.6. The molecule has 2 aliphatic carbocycles. The average molecular weight is 660 g/mol. The van der Waals surface area contributed by atoms with Crippen molar-refractivity contribution >= 4 is 17.1 Å². The summed E-state index contributed by atoms with van der Waals surface area (Å²) in [5.74, 6) is 1.81. The number of benzene rings is 2. The molecule has 6 rings (SSSR count). The molecule has 2 saturated carbocycles. The molecule has 0 bridgehead atoms. The summed E-state index contributed by atoms with van der Waals surface area (Å²) in [6, 6.07) is 13.6. The Kier molecular flexibility index (Phi) is 9.44. The molecule has 2 atom stereocenters. The van der Waals surface area contributed by atoms with Crippen LogP contribution < -0.4 is 4.74 Å². The summed E-state index contributed by atoms with van der Waals surface area (Å²) in [5, 5.41) is 13.4. The first-order valence-corrected chi connectivity index (χ1v) is 16.7. The third kappa shape index (κ3) is 6.88. The molecule has 0 amide bonds. The Bertz CT molecular complexity index is 1820. The highest BCUT2D eigenvalue weighted by Crippen LogP contribution is 2.52. The van der Waals surface area contributed by atoms with Crippen molar-refractivity contribution in [2.45, 2.75) is 89.8 Å². The van der Waals surface area contributed by atoms with E-state index in [-0.39, 0.29) is 29.1 Å². The molecular weight excluding hydrogens is 618 g/mol.